The number of aliphatic hydroxyl groups is 1. The number of amides is 1. The van der Waals surface area contributed by atoms with Gasteiger partial charge in [-0.25, -0.2) is 0 Å². The van der Waals surface area contributed by atoms with Gasteiger partial charge in [0.2, 0.25) is 5.91 Å². The van der Waals surface area contributed by atoms with Gasteiger partial charge in [0, 0.05) is 37.0 Å². The summed E-state index contributed by atoms with van der Waals surface area (Å²) in [5.74, 6) is 1.45. The lowest BCUT2D eigenvalue weighted by Crippen LogP contribution is -2.78. The molecule has 4 N–H and O–H groups in total. The van der Waals surface area contributed by atoms with Crippen molar-refractivity contribution in [3.63, 3.8) is 0 Å². The summed E-state index contributed by atoms with van der Waals surface area (Å²) in [5, 5.41) is 26.4. The highest BCUT2D eigenvalue weighted by atomic mass is 16.5. The maximum absolute atomic E-state index is 12.9. The van der Waals surface area contributed by atoms with Crippen LogP contribution < -0.4 is 10.1 Å². The molecule has 3 heterocycles. The van der Waals surface area contributed by atoms with E-state index in [1.165, 1.54) is 18.4 Å². The van der Waals surface area contributed by atoms with E-state index in [2.05, 4.69) is 15.2 Å². The minimum atomic E-state index is -0.913. The van der Waals surface area contributed by atoms with Crippen molar-refractivity contribution in [1.29, 1.82) is 0 Å². The Morgan fingerprint density at radius 3 is 2.91 bits per heavy atom. The molecule has 2 aromatic rings. The second-order valence-corrected chi connectivity index (χ2v) is 11.2. The molecule has 1 aromatic carbocycles. The van der Waals surface area contributed by atoms with Crippen molar-refractivity contribution in [2.45, 2.75) is 80.6 Å². The van der Waals surface area contributed by atoms with E-state index in [9.17, 15) is 15.0 Å². The van der Waals surface area contributed by atoms with Crippen molar-refractivity contribution in [2.75, 3.05) is 13.1 Å². The molecule has 7 heteroatoms. The molecule has 34 heavy (non-hydrogen) atoms. The second-order valence-electron chi connectivity index (χ2n) is 11.2. The fraction of sp³-hybridized carbons (Fsp3) is 0.593. The van der Waals surface area contributed by atoms with Crippen LogP contribution in [0.1, 0.15) is 55.2 Å². The fourth-order valence-corrected chi connectivity index (χ4v) is 7.68. The lowest BCUT2D eigenvalue weighted by molar-refractivity contribution is -0.192. The minimum Gasteiger partial charge on any atom is -0.504 e. The van der Waals surface area contributed by atoms with Crippen molar-refractivity contribution in [3.05, 3.63) is 47.3 Å². The molecule has 3 fully saturated rings. The van der Waals surface area contributed by atoms with Gasteiger partial charge in [0.05, 0.1) is 17.1 Å². The van der Waals surface area contributed by atoms with E-state index >= 15 is 0 Å². The van der Waals surface area contributed by atoms with Crippen LogP contribution in [0, 0.1) is 5.92 Å². The number of H-pyrrole nitrogens is 1. The molecular formula is C27H33N3O4. The molecular weight excluding hydrogens is 430 g/mol. The number of aromatic amines is 1. The topological polar surface area (TPSA) is 97.8 Å². The summed E-state index contributed by atoms with van der Waals surface area (Å²) in [7, 11) is 0. The van der Waals surface area contributed by atoms with Crippen molar-refractivity contribution in [2.24, 2.45) is 5.92 Å². The molecule has 7 rings (SSSR count). The number of aryl methyl sites for hydroxylation is 1. The molecule has 2 saturated carbocycles. The Labute approximate surface area is 199 Å². The summed E-state index contributed by atoms with van der Waals surface area (Å²) in [4.78, 5) is 18.5. The monoisotopic (exact) mass is 463 g/mol. The molecule has 180 valence electrons. The highest BCUT2D eigenvalue weighted by molar-refractivity contribution is 5.77. The first kappa shape index (κ1) is 20.8. The SMILES string of the molecule is O=C(CCc1cc[nH]c1)N[C@H]1CC[C@@]2(O)[C@H]3Cc4ccc(O)c5c4[C@@]2(CCN3CC2CC2)[C@H]1O5. The van der Waals surface area contributed by atoms with Gasteiger partial charge in [-0.3, -0.25) is 9.69 Å². The number of carbonyl (C=O) groups excluding carboxylic acids is 1. The lowest BCUT2D eigenvalue weighted by Gasteiger charge is -2.64. The molecule has 1 spiro atoms. The predicted molar refractivity (Wildman–Crippen MR) is 126 cm³/mol. The van der Waals surface area contributed by atoms with Crippen LogP contribution in [0.5, 0.6) is 11.5 Å². The molecule has 5 aliphatic rings. The summed E-state index contributed by atoms with van der Waals surface area (Å²) < 4.78 is 6.52. The smallest absolute Gasteiger partial charge is 0.220 e. The third-order valence-electron chi connectivity index (χ3n) is 9.41. The molecule has 1 amide bonds. The molecule has 0 radical (unpaired) electrons. The van der Waals surface area contributed by atoms with Gasteiger partial charge in [-0.1, -0.05) is 6.07 Å². The number of ether oxygens (including phenoxy) is 1. The zero-order chi connectivity index (χ0) is 23.1. The number of phenols is 1. The van der Waals surface area contributed by atoms with E-state index in [1.54, 1.807) is 6.07 Å². The van der Waals surface area contributed by atoms with Crippen LogP contribution >= 0.6 is 0 Å². The first-order valence-corrected chi connectivity index (χ1v) is 12.9. The standard InChI is InChI=1S/C27H33N3O4/c31-20-5-4-18-13-21-27(33)9-7-19(29-22(32)6-3-16-8-11-28-14-16)25-26(27,23(18)24(20)34-25)10-12-30(21)15-17-1-2-17/h4-5,8,11,14,17,19,21,25,28,31,33H,1-3,6-7,9-10,12-13,15H2,(H,29,32)/t19-,21+,25-,26-,27+/m0/s1. The number of piperidine rings is 1. The number of benzene rings is 1. The highest BCUT2D eigenvalue weighted by Crippen LogP contribution is 2.65. The van der Waals surface area contributed by atoms with Crippen LogP contribution in [-0.2, 0) is 23.1 Å². The van der Waals surface area contributed by atoms with Gasteiger partial charge in [0.25, 0.3) is 0 Å². The Morgan fingerprint density at radius 1 is 1.24 bits per heavy atom. The minimum absolute atomic E-state index is 0.00979. The second kappa shape index (κ2) is 7.25. The number of hydrogen-bond acceptors (Lipinski definition) is 5. The fourth-order valence-electron chi connectivity index (χ4n) is 7.68. The molecule has 1 saturated heterocycles. The van der Waals surface area contributed by atoms with Gasteiger partial charge in [-0.15, -0.1) is 0 Å². The number of aromatic nitrogens is 1. The average Bonchev–Trinajstić information content (AvgIpc) is 3.33. The molecule has 2 aliphatic heterocycles. The Morgan fingerprint density at radius 2 is 2.12 bits per heavy atom. The predicted octanol–water partition coefficient (Wildman–Crippen LogP) is 2.40. The number of nitrogens with zero attached hydrogens (tertiary/aromatic N) is 1. The molecule has 7 nitrogen and oxygen atoms in total. The number of nitrogens with one attached hydrogen (secondary N) is 2. The van der Waals surface area contributed by atoms with Crippen LogP contribution in [-0.4, -0.2) is 62.9 Å². The Hall–Kier alpha value is -2.51. The first-order valence-electron chi connectivity index (χ1n) is 12.9. The van der Waals surface area contributed by atoms with Crippen molar-refractivity contribution in [3.8, 4) is 11.5 Å². The number of hydrogen-bond donors (Lipinski definition) is 4. The van der Waals surface area contributed by atoms with Crippen LogP contribution in [0.25, 0.3) is 0 Å². The van der Waals surface area contributed by atoms with Gasteiger partial charge in [-0.2, -0.15) is 0 Å². The van der Waals surface area contributed by atoms with E-state index in [4.69, 9.17) is 4.74 Å². The van der Waals surface area contributed by atoms with E-state index in [0.29, 0.717) is 31.4 Å². The number of carbonyl (C=O) groups is 1. The van der Waals surface area contributed by atoms with Crippen molar-refractivity contribution in [1.82, 2.24) is 15.2 Å². The maximum Gasteiger partial charge on any atom is 0.220 e. The molecule has 5 atom stereocenters. The number of phenolic OH excluding ortho intramolecular Hbond substituents is 1. The highest BCUT2D eigenvalue weighted by Gasteiger charge is 2.73. The van der Waals surface area contributed by atoms with Crippen LogP contribution in [0.2, 0.25) is 0 Å². The summed E-state index contributed by atoms with van der Waals surface area (Å²) >= 11 is 0. The van der Waals surface area contributed by atoms with Gasteiger partial charge in [0.1, 0.15) is 6.10 Å². The largest absolute Gasteiger partial charge is 0.504 e. The third-order valence-corrected chi connectivity index (χ3v) is 9.41. The summed E-state index contributed by atoms with van der Waals surface area (Å²) in [6.45, 7) is 1.99. The zero-order valence-corrected chi connectivity index (χ0v) is 19.4. The van der Waals surface area contributed by atoms with Crippen LogP contribution in [0.3, 0.4) is 0 Å². The summed E-state index contributed by atoms with van der Waals surface area (Å²) in [6.07, 6.45) is 10.0. The number of likely N-dealkylation sites (tertiary alicyclic amines) is 1. The van der Waals surface area contributed by atoms with Gasteiger partial charge in [0.15, 0.2) is 11.5 Å². The van der Waals surface area contributed by atoms with E-state index < -0.39 is 11.0 Å². The lowest BCUT2D eigenvalue weighted by atomic mass is 9.48. The summed E-state index contributed by atoms with van der Waals surface area (Å²) in [6, 6.07) is 5.62. The third kappa shape index (κ3) is 2.80. The number of aromatic hydroxyl groups is 1. The average molecular weight is 464 g/mol. The molecule has 0 unspecified atom stereocenters. The molecule has 3 aliphatic carbocycles. The number of rotatable bonds is 6. The molecule has 1 aromatic heterocycles. The Balaban J connectivity index is 1.22. The molecule has 2 bridgehead atoms. The van der Waals surface area contributed by atoms with Gasteiger partial charge >= 0.3 is 0 Å². The van der Waals surface area contributed by atoms with Crippen LogP contribution in [0.15, 0.2) is 30.6 Å². The quantitative estimate of drug-likeness (QED) is 0.528. The van der Waals surface area contributed by atoms with E-state index in [0.717, 1.165) is 43.0 Å². The van der Waals surface area contributed by atoms with E-state index in [-0.39, 0.29) is 29.8 Å². The Kier molecular flexibility index (Phi) is 4.44. The van der Waals surface area contributed by atoms with Gasteiger partial charge < -0.3 is 25.3 Å². The first-order chi connectivity index (χ1) is 16.5. The maximum atomic E-state index is 12.9. The zero-order valence-electron chi connectivity index (χ0n) is 19.4. The van der Waals surface area contributed by atoms with Crippen molar-refractivity contribution >= 4 is 5.91 Å². The Bertz CT molecular complexity index is 1130. The van der Waals surface area contributed by atoms with Gasteiger partial charge in [-0.05, 0) is 80.7 Å². The van der Waals surface area contributed by atoms with Crippen molar-refractivity contribution < 1.29 is 19.7 Å². The van der Waals surface area contributed by atoms with E-state index in [1.807, 2.05) is 24.5 Å². The van der Waals surface area contributed by atoms with Crippen LogP contribution in [0.4, 0.5) is 0 Å². The normalized spacial score (nSPS) is 35.5. The summed E-state index contributed by atoms with van der Waals surface area (Å²) in [5.41, 5.74) is 1.81.